The number of hydrogen-bond donors (Lipinski definition) is 0. The van der Waals surface area contributed by atoms with Crippen LogP contribution in [0.4, 0.5) is 0 Å². The van der Waals surface area contributed by atoms with Crippen LogP contribution in [0.1, 0.15) is 5.76 Å². The molecule has 0 saturated carbocycles. The molecule has 0 aliphatic heterocycles. The van der Waals surface area contributed by atoms with Gasteiger partial charge in [0.25, 0.3) is 0 Å². The second kappa shape index (κ2) is 2.73. The van der Waals surface area contributed by atoms with E-state index in [2.05, 4.69) is 15.0 Å². The summed E-state index contributed by atoms with van der Waals surface area (Å²) in [6.07, 6.45) is 6.47. The van der Waals surface area contributed by atoms with Gasteiger partial charge in [0, 0.05) is 12.4 Å². The highest BCUT2D eigenvalue weighted by Crippen LogP contribution is 2.15. The summed E-state index contributed by atoms with van der Waals surface area (Å²) < 4.78 is 5.28. The molecule has 2 aromatic rings. The minimum absolute atomic E-state index is 0.563. The van der Waals surface area contributed by atoms with E-state index in [0.29, 0.717) is 5.89 Å². The van der Waals surface area contributed by atoms with E-state index >= 15 is 0 Å². The molecule has 2 heterocycles. The van der Waals surface area contributed by atoms with Gasteiger partial charge in [-0.15, -0.1) is 0 Å². The van der Waals surface area contributed by atoms with E-state index < -0.39 is 0 Å². The van der Waals surface area contributed by atoms with Gasteiger partial charge in [-0.25, -0.2) is 15.0 Å². The molecular weight excluding hydrogens is 154 g/mol. The number of rotatable bonds is 1. The number of nitrogens with zero attached hydrogens (tertiary/aromatic N) is 3. The lowest BCUT2D eigenvalue weighted by atomic mass is 10.3. The molecule has 0 unspecified atom stereocenters. The van der Waals surface area contributed by atoms with Crippen molar-refractivity contribution in [3.05, 3.63) is 30.7 Å². The van der Waals surface area contributed by atoms with E-state index in [-0.39, 0.29) is 0 Å². The van der Waals surface area contributed by atoms with Gasteiger partial charge >= 0.3 is 0 Å². The molecule has 4 nitrogen and oxygen atoms in total. The zero-order valence-corrected chi connectivity index (χ0v) is 6.56. The van der Waals surface area contributed by atoms with Gasteiger partial charge in [-0.1, -0.05) is 0 Å². The summed E-state index contributed by atoms with van der Waals surface area (Å²) in [6.45, 7) is 1.85. The van der Waals surface area contributed by atoms with Crippen molar-refractivity contribution in [2.45, 2.75) is 6.92 Å². The lowest BCUT2D eigenvalue weighted by molar-refractivity contribution is 0.542. The third-order valence-electron chi connectivity index (χ3n) is 1.43. The summed E-state index contributed by atoms with van der Waals surface area (Å²) in [5, 5.41) is 0. The summed E-state index contributed by atoms with van der Waals surface area (Å²) in [4.78, 5) is 11.8. The molecule has 0 atom stereocenters. The molecule has 0 aliphatic rings. The first-order valence-corrected chi connectivity index (χ1v) is 3.54. The molecule has 12 heavy (non-hydrogen) atoms. The zero-order valence-electron chi connectivity index (χ0n) is 6.56. The van der Waals surface area contributed by atoms with Gasteiger partial charge in [0.1, 0.15) is 12.1 Å². The Morgan fingerprint density at radius 3 is 2.50 bits per heavy atom. The van der Waals surface area contributed by atoms with Crippen molar-refractivity contribution < 1.29 is 4.42 Å². The smallest absolute Gasteiger partial charge is 0.229 e. The third-order valence-corrected chi connectivity index (χ3v) is 1.43. The van der Waals surface area contributed by atoms with E-state index in [9.17, 15) is 0 Å². The summed E-state index contributed by atoms with van der Waals surface area (Å²) >= 11 is 0. The summed E-state index contributed by atoms with van der Waals surface area (Å²) in [7, 11) is 0. The van der Waals surface area contributed by atoms with Gasteiger partial charge in [0.05, 0.1) is 11.8 Å². The van der Waals surface area contributed by atoms with Gasteiger partial charge in [-0.2, -0.15) is 0 Å². The SMILES string of the molecule is Cc1cnc(-c2cncnc2)o1. The normalized spacial score (nSPS) is 10.1. The van der Waals surface area contributed by atoms with Crippen LogP contribution >= 0.6 is 0 Å². The first-order chi connectivity index (χ1) is 5.86. The Balaban J connectivity index is 2.45. The molecule has 0 radical (unpaired) electrons. The minimum atomic E-state index is 0.563. The Morgan fingerprint density at radius 2 is 1.92 bits per heavy atom. The van der Waals surface area contributed by atoms with Crippen LogP contribution in [0.25, 0.3) is 11.5 Å². The van der Waals surface area contributed by atoms with Crippen LogP contribution in [0.2, 0.25) is 0 Å². The van der Waals surface area contributed by atoms with Crippen LogP contribution in [0.15, 0.2) is 29.3 Å². The van der Waals surface area contributed by atoms with Gasteiger partial charge in [-0.3, -0.25) is 0 Å². The van der Waals surface area contributed by atoms with E-state index in [1.807, 2.05) is 6.92 Å². The summed E-state index contributed by atoms with van der Waals surface area (Å²) in [5.74, 6) is 1.35. The van der Waals surface area contributed by atoms with Crippen molar-refractivity contribution in [3.63, 3.8) is 0 Å². The van der Waals surface area contributed by atoms with E-state index in [1.165, 1.54) is 6.33 Å². The van der Waals surface area contributed by atoms with Gasteiger partial charge in [0.2, 0.25) is 5.89 Å². The Hall–Kier alpha value is -1.71. The second-order valence-electron chi connectivity index (χ2n) is 2.40. The van der Waals surface area contributed by atoms with E-state index in [0.717, 1.165) is 11.3 Å². The van der Waals surface area contributed by atoms with Crippen LogP contribution in [-0.2, 0) is 0 Å². The number of oxazole rings is 1. The molecular formula is C8H7N3O. The number of hydrogen-bond acceptors (Lipinski definition) is 4. The monoisotopic (exact) mass is 161 g/mol. The van der Waals surface area contributed by atoms with Gasteiger partial charge < -0.3 is 4.42 Å². The van der Waals surface area contributed by atoms with Crippen molar-refractivity contribution in [2.75, 3.05) is 0 Å². The number of aryl methyl sites for hydroxylation is 1. The molecule has 0 fully saturated rings. The third kappa shape index (κ3) is 1.18. The molecule has 0 aromatic carbocycles. The fourth-order valence-corrected chi connectivity index (χ4v) is 0.898. The molecule has 0 aliphatic carbocycles. The lowest BCUT2D eigenvalue weighted by Crippen LogP contribution is -1.80. The fraction of sp³-hybridized carbons (Fsp3) is 0.125. The predicted octanol–water partition coefficient (Wildman–Crippen LogP) is 1.44. The van der Waals surface area contributed by atoms with Crippen molar-refractivity contribution >= 4 is 0 Å². The van der Waals surface area contributed by atoms with Crippen molar-refractivity contribution in [1.29, 1.82) is 0 Å². The fourth-order valence-electron chi connectivity index (χ4n) is 0.898. The molecule has 0 saturated heterocycles. The largest absolute Gasteiger partial charge is 0.441 e. The average Bonchev–Trinajstić information content (AvgIpc) is 2.54. The van der Waals surface area contributed by atoms with E-state index in [1.54, 1.807) is 18.6 Å². The highest BCUT2D eigenvalue weighted by Gasteiger charge is 2.02. The minimum Gasteiger partial charge on any atom is -0.441 e. The van der Waals surface area contributed by atoms with Gasteiger partial charge in [-0.05, 0) is 6.92 Å². The van der Waals surface area contributed by atoms with Crippen LogP contribution in [0, 0.1) is 6.92 Å². The Labute approximate surface area is 69.3 Å². The maximum absolute atomic E-state index is 5.28. The molecule has 2 aromatic heterocycles. The van der Waals surface area contributed by atoms with Crippen molar-refractivity contribution in [3.8, 4) is 11.5 Å². The first-order valence-electron chi connectivity index (χ1n) is 3.54. The van der Waals surface area contributed by atoms with Crippen molar-refractivity contribution in [2.24, 2.45) is 0 Å². The summed E-state index contributed by atoms with van der Waals surface area (Å²) in [5.41, 5.74) is 0.797. The zero-order chi connectivity index (χ0) is 8.39. The maximum Gasteiger partial charge on any atom is 0.229 e. The molecule has 4 heteroatoms. The average molecular weight is 161 g/mol. The highest BCUT2D eigenvalue weighted by molar-refractivity contribution is 5.49. The lowest BCUT2D eigenvalue weighted by Gasteiger charge is -1.90. The molecule has 2 rings (SSSR count). The van der Waals surface area contributed by atoms with Crippen molar-refractivity contribution in [1.82, 2.24) is 15.0 Å². The van der Waals surface area contributed by atoms with Crippen LogP contribution < -0.4 is 0 Å². The van der Waals surface area contributed by atoms with Crippen LogP contribution in [0.3, 0.4) is 0 Å². The molecule has 0 spiro atoms. The van der Waals surface area contributed by atoms with E-state index in [4.69, 9.17) is 4.42 Å². The topological polar surface area (TPSA) is 51.8 Å². The molecule has 60 valence electrons. The Bertz CT molecular complexity index is 369. The maximum atomic E-state index is 5.28. The summed E-state index contributed by atoms with van der Waals surface area (Å²) in [6, 6.07) is 0. The van der Waals surface area contributed by atoms with Crippen LogP contribution in [0.5, 0.6) is 0 Å². The van der Waals surface area contributed by atoms with Crippen LogP contribution in [-0.4, -0.2) is 15.0 Å². The quantitative estimate of drug-likeness (QED) is 0.635. The highest BCUT2D eigenvalue weighted by atomic mass is 16.4. The second-order valence-corrected chi connectivity index (χ2v) is 2.40. The molecule has 0 bridgehead atoms. The number of aromatic nitrogens is 3. The Morgan fingerprint density at radius 1 is 1.17 bits per heavy atom. The molecule has 0 N–H and O–H groups in total. The van der Waals surface area contributed by atoms with Gasteiger partial charge in [0.15, 0.2) is 0 Å². The standard InChI is InChI=1S/C8H7N3O/c1-6-2-11-8(12-6)7-3-9-5-10-4-7/h2-5H,1H3. The molecule has 0 amide bonds. The first kappa shape index (κ1) is 6.97. The predicted molar refractivity (Wildman–Crippen MR) is 42.3 cm³/mol. The Kier molecular flexibility index (Phi) is 1.59.